The van der Waals surface area contributed by atoms with Gasteiger partial charge in [-0.15, -0.1) is 0 Å². The zero-order valence-corrected chi connectivity index (χ0v) is 12.5. The molecule has 0 radical (unpaired) electrons. The maximum atomic E-state index is 3.23. The monoisotopic (exact) mass is 270 g/mol. The van der Waals surface area contributed by atoms with Gasteiger partial charge in [-0.25, -0.2) is 0 Å². The molecule has 0 aromatic carbocycles. The van der Waals surface area contributed by atoms with Crippen LogP contribution in [0.1, 0.15) is 77.0 Å². The van der Waals surface area contributed by atoms with Gasteiger partial charge in [-0.3, -0.25) is 9.80 Å². The highest BCUT2D eigenvalue weighted by Crippen LogP contribution is 2.79. The average molecular weight is 270 g/mol. The summed E-state index contributed by atoms with van der Waals surface area (Å²) in [5.41, 5.74) is 2.58. The van der Waals surface area contributed by atoms with Crippen LogP contribution in [-0.2, 0) is 0 Å². The minimum absolute atomic E-state index is 0.646. The predicted octanol–water partition coefficient (Wildman–Crippen LogP) is 3.06. The molecule has 4 atom stereocenters. The number of hydrogen-bond donors (Lipinski definition) is 0. The van der Waals surface area contributed by atoms with E-state index in [0.717, 1.165) is 12.1 Å². The summed E-state index contributed by atoms with van der Waals surface area (Å²) in [6.45, 7) is 0. The van der Waals surface area contributed by atoms with Crippen LogP contribution in [0.4, 0.5) is 0 Å². The molecule has 7 saturated heterocycles. The Morgan fingerprint density at radius 3 is 1.05 bits per heavy atom. The molecule has 0 N–H and O–H groups in total. The third-order valence-electron chi connectivity index (χ3n) is 9.78. The average Bonchev–Trinajstić information content (AvgIpc) is 3.19. The highest BCUT2D eigenvalue weighted by molar-refractivity contribution is 5.43. The molecule has 0 aliphatic carbocycles. The van der Waals surface area contributed by atoms with E-state index in [1.54, 1.807) is 51.4 Å². The number of nitrogens with zero attached hydrogens (tertiary/aromatic N) is 2. The molecule has 0 amide bonds. The van der Waals surface area contributed by atoms with Gasteiger partial charge in [0.1, 0.15) is 0 Å². The second-order valence-electron chi connectivity index (χ2n) is 9.33. The van der Waals surface area contributed by atoms with Crippen LogP contribution in [0.25, 0.3) is 0 Å². The summed E-state index contributed by atoms with van der Waals surface area (Å²) in [5, 5.41) is 0. The van der Waals surface area contributed by atoms with Crippen LogP contribution in [0.5, 0.6) is 0 Å². The summed E-state index contributed by atoms with van der Waals surface area (Å²) in [6, 6.07) is 1.98. The zero-order chi connectivity index (χ0) is 12.8. The summed E-state index contributed by atoms with van der Waals surface area (Å²) in [4.78, 5) is 6.47. The van der Waals surface area contributed by atoms with Crippen LogP contribution in [0.15, 0.2) is 0 Å². The lowest BCUT2D eigenvalue weighted by molar-refractivity contribution is -0.143. The van der Waals surface area contributed by atoms with E-state index in [1.807, 2.05) is 0 Å². The quantitative estimate of drug-likeness (QED) is 0.667. The Kier molecular flexibility index (Phi) is 1.40. The highest BCUT2D eigenvalue weighted by atomic mass is 15.5. The van der Waals surface area contributed by atoms with E-state index in [-0.39, 0.29) is 0 Å². The van der Waals surface area contributed by atoms with Crippen molar-refractivity contribution in [3.63, 3.8) is 0 Å². The first kappa shape index (κ1) is 10.6. The zero-order valence-electron chi connectivity index (χ0n) is 12.5. The first-order valence-electron chi connectivity index (χ1n) is 9.37. The Labute approximate surface area is 121 Å². The molecule has 7 aliphatic heterocycles. The predicted molar refractivity (Wildman–Crippen MR) is 77.6 cm³/mol. The largest absolute Gasteiger partial charge is 0.285 e. The summed E-state index contributed by atoms with van der Waals surface area (Å²) in [7, 11) is 0. The standard InChI is InChI=1S/C18H26N2/c1-5-15-9-10-17(6-2-13(1)19(15)17)18-8-4-14-3-7-16(15,11-12-18)20(14)18/h13-14H,1-12H2. The van der Waals surface area contributed by atoms with Crippen LogP contribution in [-0.4, -0.2) is 44.0 Å². The minimum atomic E-state index is 0.646. The van der Waals surface area contributed by atoms with Gasteiger partial charge in [0.15, 0.2) is 0 Å². The molecule has 7 aliphatic rings. The van der Waals surface area contributed by atoms with Crippen molar-refractivity contribution in [2.24, 2.45) is 0 Å². The third kappa shape index (κ3) is 0.664. The normalized spacial score (nSPS) is 69.0. The molecule has 0 aromatic heterocycles. The van der Waals surface area contributed by atoms with Crippen LogP contribution in [0, 0.1) is 0 Å². The first-order valence-corrected chi connectivity index (χ1v) is 9.37. The smallest absolute Gasteiger partial charge is 0.0404 e. The molecular formula is C18H26N2. The van der Waals surface area contributed by atoms with Gasteiger partial charge in [-0.1, -0.05) is 0 Å². The number of hydrogen-bond acceptors (Lipinski definition) is 2. The lowest BCUT2D eigenvalue weighted by atomic mass is 9.71. The molecule has 7 rings (SSSR count). The van der Waals surface area contributed by atoms with Gasteiger partial charge in [0.05, 0.1) is 0 Å². The fraction of sp³-hybridized carbons (Fsp3) is 1.00. The summed E-state index contributed by atoms with van der Waals surface area (Å²) in [6.07, 6.45) is 18.6. The van der Waals surface area contributed by atoms with Crippen molar-refractivity contribution >= 4 is 0 Å². The summed E-state index contributed by atoms with van der Waals surface area (Å²) >= 11 is 0. The van der Waals surface area contributed by atoms with E-state index in [2.05, 4.69) is 9.80 Å². The molecular weight excluding hydrogens is 244 g/mol. The maximum Gasteiger partial charge on any atom is 0.0404 e. The molecule has 0 aromatic rings. The molecule has 0 saturated carbocycles. The topological polar surface area (TPSA) is 6.48 Å². The van der Waals surface area contributed by atoms with E-state index >= 15 is 0 Å². The van der Waals surface area contributed by atoms with Crippen molar-refractivity contribution in [1.29, 1.82) is 0 Å². The molecule has 4 unspecified atom stereocenters. The van der Waals surface area contributed by atoms with Gasteiger partial charge >= 0.3 is 0 Å². The van der Waals surface area contributed by atoms with E-state index in [1.165, 1.54) is 25.7 Å². The second kappa shape index (κ2) is 2.65. The Bertz CT molecular complexity index is 454. The van der Waals surface area contributed by atoms with Crippen molar-refractivity contribution in [1.82, 2.24) is 9.80 Å². The van der Waals surface area contributed by atoms with Crippen molar-refractivity contribution in [2.45, 2.75) is 111 Å². The Balaban J connectivity index is 1.62. The van der Waals surface area contributed by atoms with Crippen LogP contribution >= 0.6 is 0 Å². The van der Waals surface area contributed by atoms with E-state index in [9.17, 15) is 0 Å². The van der Waals surface area contributed by atoms with Crippen molar-refractivity contribution in [2.75, 3.05) is 0 Å². The van der Waals surface area contributed by atoms with E-state index in [0.29, 0.717) is 22.2 Å². The van der Waals surface area contributed by atoms with Gasteiger partial charge in [0, 0.05) is 34.2 Å². The van der Waals surface area contributed by atoms with Crippen molar-refractivity contribution in [3.8, 4) is 0 Å². The van der Waals surface area contributed by atoms with Crippen LogP contribution in [0.2, 0.25) is 0 Å². The van der Waals surface area contributed by atoms with E-state index < -0.39 is 0 Å². The van der Waals surface area contributed by atoms with Gasteiger partial charge in [-0.05, 0) is 77.0 Å². The van der Waals surface area contributed by atoms with Gasteiger partial charge in [0.2, 0.25) is 0 Å². The molecule has 20 heavy (non-hydrogen) atoms. The van der Waals surface area contributed by atoms with Gasteiger partial charge in [-0.2, -0.15) is 0 Å². The van der Waals surface area contributed by atoms with Gasteiger partial charge in [0.25, 0.3) is 0 Å². The fourth-order valence-electron chi connectivity index (χ4n) is 9.69. The lowest BCUT2D eigenvalue weighted by Gasteiger charge is -2.63. The Hall–Kier alpha value is -0.0800. The number of piperazine rings is 1. The van der Waals surface area contributed by atoms with E-state index in [4.69, 9.17) is 0 Å². The summed E-state index contributed by atoms with van der Waals surface area (Å²) in [5.74, 6) is 0. The lowest BCUT2D eigenvalue weighted by Crippen LogP contribution is -2.77. The van der Waals surface area contributed by atoms with Crippen LogP contribution in [0.3, 0.4) is 0 Å². The molecule has 7 heterocycles. The highest BCUT2D eigenvalue weighted by Gasteiger charge is 2.86. The van der Waals surface area contributed by atoms with Crippen molar-refractivity contribution in [3.05, 3.63) is 0 Å². The van der Waals surface area contributed by atoms with Crippen LogP contribution < -0.4 is 0 Å². The van der Waals surface area contributed by atoms with Gasteiger partial charge < -0.3 is 0 Å². The Morgan fingerprint density at radius 2 is 0.750 bits per heavy atom. The first-order chi connectivity index (χ1) is 9.78. The molecule has 4 bridgehead atoms. The molecule has 0 spiro atoms. The molecule has 7 fully saturated rings. The summed E-state index contributed by atoms with van der Waals surface area (Å²) < 4.78 is 0. The minimum Gasteiger partial charge on any atom is -0.285 e. The SMILES string of the molecule is C1CC23CCC4(CCC1N24)C12CCC4CCC3(CC1)N42. The maximum absolute atomic E-state index is 3.23. The third-order valence-corrected chi connectivity index (χ3v) is 9.78. The molecule has 2 heteroatoms. The molecule has 108 valence electrons. The Morgan fingerprint density at radius 1 is 0.450 bits per heavy atom. The number of rotatable bonds is 0. The van der Waals surface area contributed by atoms with Crippen molar-refractivity contribution < 1.29 is 0 Å². The molecule has 2 nitrogen and oxygen atoms in total. The fourth-order valence-corrected chi connectivity index (χ4v) is 9.69. The second-order valence-corrected chi connectivity index (χ2v) is 9.33.